The molecule has 3 aromatic rings. The molecular formula is C22H20O7. The number of hydrogen-bond acceptors (Lipinski definition) is 7. The summed E-state index contributed by atoms with van der Waals surface area (Å²) in [4.78, 5) is 24.5. The summed E-state index contributed by atoms with van der Waals surface area (Å²) >= 11 is 0. The first-order valence-electron chi connectivity index (χ1n) is 9.27. The second-order valence-corrected chi connectivity index (χ2v) is 6.63. The minimum absolute atomic E-state index is 0.173. The topological polar surface area (TPSA) is 84.2 Å². The molecule has 0 N–H and O–H groups in total. The highest BCUT2D eigenvalue weighted by atomic mass is 16.6. The van der Waals surface area contributed by atoms with Crippen LogP contribution in [0.2, 0.25) is 0 Å². The summed E-state index contributed by atoms with van der Waals surface area (Å²) in [6.45, 7) is 2.75. The molecule has 2 aromatic carbocycles. The lowest BCUT2D eigenvalue weighted by atomic mass is 10.0. The van der Waals surface area contributed by atoms with Gasteiger partial charge >= 0.3 is 5.97 Å². The molecule has 29 heavy (non-hydrogen) atoms. The van der Waals surface area contributed by atoms with Gasteiger partial charge in [-0.3, -0.25) is 4.79 Å². The number of hydrogen-bond donors (Lipinski definition) is 0. The van der Waals surface area contributed by atoms with Crippen molar-refractivity contribution in [2.75, 3.05) is 20.3 Å². The lowest BCUT2D eigenvalue weighted by Gasteiger charge is -2.13. The van der Waals surface area contributed by atoms with Gasteiger partial charge in [0.25, 0.3) is 0 Å². The molecule has 7 nitrogen and oxygen atoms in total. The molecule has 7 heteroatoms. The van der Waals surface area contributed by atoms with Crippen LogP contribution >= 0.6 is 0 Å². The Bertz CT molecular complexity index is 1120. The average molecular weight is 396 g/mol. The number of carbonyl (C=O) groups is 1. The first-order valence-corrected chi connectivity index (χ1v) is 9.27. The molecule has 2 heterocycles. The van der Waals surface area contributed by atoms with Crippen molar-refractivity contribution in [2.24, 2.45) is 0 Å². The van der Waals surface area contributed by atoms with Gasteiger partial charge in [-0.15, -0.1) is 0 Å². The van der Waals surface area contributed by atoms with Gasteiger partial charge in [0, 0.05) is 12.5 Å². The Morgan fingerprint density at radius 3 is 2.66 bits per heavy atom. The van der Waals surface area contributed by atoms with Crippen molar-refractivity contribution < 1.29 is 28.2 Å². The Labute approximate surface area is 166 Å². The van der Waals surface area contributed by atoms with Gasteiger partial charge in [0.05, 0.1) is 31.3 Å². The van der Waals surface area contributed by atoms with Gasteiger partial charge in [0.2, 0.25) is 0 Å². The molecule has 1 aliphatic heterocycles. The molecule has 0 spiro atoms. The minimum Gasteiger partial charge on any atom is -0.490 e. The summed E-state index contributed by atoms with van der Waals surface area (Å²) in [6.07, 6.45) is 1.45. The molecule has 0 aliphatic carbocycles. The number of fused-ring (bicyclic) bond motifs is 2. The van der Waals surface area contributed by atoms with Gasteiger partial charge in [-0.05, 0) is 36.8 Å². The van der Waals surface area contributed by atoms with E-state index in [1.165, 1.54) is 13.4 Å². The van der Waals surface area contributed by atoms with E-state index in [-0.39, 0.29) is 5.43 Å². The lowest BCUT2D eigenvalue weighted by Crippen LogP contribution is -2.24. The fourth-order valence-corrected chi connectivity index (χ4v) is 3.13. The molecule has 0 fully saturated rings. The maximum atomic E-state index is 13.0. The number of rotatable bonds is 4. The van der Waals surface area contributed by atoms with Gasteiger partial charge in [-0.25, -0.2) is 4.79 Å². The van der Waals surface area contributed by atoms with Crippen molar-refractivity contribution >= 4 is 16.9 Å². The van der Waals surface area contributed by atoms with E-state index in [0.717, 1.165) is 6.42 Å². The van der Waals surface area contributed by atoms with Gasteiger partial charge in [-0.1, -0.05) is 6.07 Å². The van der Waals surface area contributed by atoms with Crippen LogP contribution in [0.25, 0.3) is 22.1 Å². The van der Waals surface area contributed by atoms with Crippen LogP contribution in [0.15, 0.2) is 51.9 Å². The molecule has 150 valence electrons. The monoisotopic (exact) mass is 396 g/mol. The zero-order valence-corrected chi connectivity index (χ0v) is 16.1. The highest BCUT2D eigenvalue weighted by Crippen LogP contribution is 2.34. The second-order valence-electron chi connectivity index (χ2n) is 6.63. The number of methoxy groups -OCH3 is 1. The molecule has 0 amide bonds. The number of ether oxygens (including phenoxy) is 4. The van der Waals surface area contributed by atoms with Crippen LogP contribution < -0.4 is 19.6 Å². The summed E-state index contributed by atoms with van der Waals surface area (Å²) < 4.78 is 27.2. The smallest absolute Gasteiger partial charge is 0.346 e. The summed E-state index contributed by atoms with van der Waals surface area (Å²) in [5, 5.41) is 0.410. The highest BCUT2D eigenvalue weighted by Gasteiger charge is 2.17. The zero-order chi connectivity index (χ0) is 20.4. The minimum atomic E-state index is -0.773. The maximum Gasteiger partial charge on any atom is 0.346 e. The highest BCUT2D eigenvalue weighted by molar-refractivity contribution is 5.83. The van der Waals surface area contributed by atoms with Crippen LogP contribution in [0, 0.1) is 0 Å². The molecule has 0 radical (unpaired) electrons. The molecule has 0 bridgehead atoms. The summed E-state index contributed by atoms with van der Waals surface area (Å²) in [5.41, 5.74) is 1.30. The summed E-state index contributed by atoms with van der Waals surface area (Å²) in [6, 6.07) is 10.2. The third-order valence-corrected chi connectivity index (χ3v) is 4.65. The molecule has 1 atom stereocenters. The largest absolute Gasteiger partial charge is 0.490 e. The lowest BCUT2D eigenvalue weighted by molar-refractivity contribution is -0.147. The molecule has 4 rings (SSSR count). The molecule has 0 unspecified atom stereocenters. The van der Waals surface area contributed by atoms with Crippen LogP contribution in [0.1, 0.15) is 13.3 Å². The van der Waals surface area contributed by atoms with E-state index in [0.29, 0.717) is 52.6 Å². The number of carbonyl (C=O) groups excluding carboxylic acids is 1. The predicted molar refractivity (Wildman–Crippen MR) is 106 cm³/mol. The Balaban J connectivity index is 1.68. The quantitative estimate of drug-likeness (QED) is 0.624. The SMILES string of the molecule is COC(=O)[C@@H](C)Oc1ccc2c(=O)c(-c3ccc4c(c3)OCCCO4)coc2c1. The van der Waals surface area contributed by atoms with Crippen molar-refractivity contribution in [1.29, 1.82) is 0 Å². The Hall–Kier alpha value is -3.48. The fraction of sp³-hybridized carbons (Fsp3) is 0.273. The van der Waals surface area contributed by atoms with E-state index < -0.39 is 12.1 Å². The van der Waals surface area contributed by atoms with Crippen molar-refractivity contribution in [3.05, 3.63) is 52.9 Å². The fourth-order valence-electron chi connectivity index (χ4n) is 3.13. The molecule has 0 saturated heterocycles. The van der Waals surface area contributed by atoms with E-state index in [2.05, 4.69) is 4.74 Å². The average Bonchev–Trinajstić information content (AvgIpc) is 2.98. The van der Waals surface area contributed by atoms with E-state index in [1.807, 2.05) is 0 Å². The molecule has 0 saturated carbocycles. The molecule has 1 aliphatic rings. The summed E-state index contributed by atoms with van der Waals surface area (Å²) in [5.74, 6) is 1.19. The standard InChI is InChI=1S/C22H20O7/c1-13(22(24)25-2)29-15-5-6-16-19(11-15)28-12-17(21(16)23)14-4-7-18-20(10-14)27-9-3-8-26-18/h4-7,10-13H,3,8-9H2,1-2H3/t13-/m1/s1. The van der Waals surface area contributed by atoms with Crippen LogP contribution in [0.5, 0.6) is 17.2 Å². The van der Waals surface area contributed by atoms with E-state index in [4.69, 9.17) is 18.6 Å². The van der Waals surface area contributed by atoms with Gasteiger partial charge in [0.1, 0.15) is 17.6 Å². The third kappa shape index (κ3) is 3.76. The first-order chi connectivity index (χ1) is 14.1. The third-order valence-electron chi connectivity index (χ3n) is 4.65. The second kappa shape index (κ2) is 7.87. The number of esters is 1. The van der Waals surface area contributed by atoms with Gasteiger partial charge in [0.15, 0.2) is 23.0 Å². The zero-order valence-electron chi connectivity index (χ0n) is 16.1. The van der Waals surface area contributed by atoms with E-state index in [1.54, 1.807) is 43.3 Å². The van der Waals surface area contributed by atoms with Crippen LogP contribution in [0.3, 0.4) is 0 Å². The first kappa shape index (κ1) is 18.9. The van der Waals surface area contributed by atoms with Gasteiger partial charge < -0.3 is 23.4 Å². The Morgan fingerprint density at radius 1 is 1.07 bits per heavy atom. The Kier molecular flexibility index (Phi) is 5.12. The van der Waals surface area contributed by atoms with Crippen LogP contribution in [0.4, 0.5) is 0 Å². The molecule has 1 aromatic heterocycles. The van der Waals surface area contributed by atoms with Crippen molar-refractivity contribution in [3.63, 3.8) is 0 Å². The normalized spacial score (nSPS) is 14.1. The summed E-state index contributed by atoms with van der Waals surface area (Å²) in [7, 11) is 1.29. The Morgan fingerprint density at radius 2 is 1.86 bits per heavy atom. The van der Waals surface area contributed by atoms with E-state index >= 15 is 0 Å². The van der Waals surface area contributed by atoms with Crippen LogP contribution in [-0.4, -0.2) is 32.4 Å². The number of benzene rings is 2. The van der Waals surface area contributed by atoms with Crippen LogP contribution in [-0.2, 0) is 9.53 Å². The van der Waals surface area contributed by atoms with Crippen molar-refractivity contribution in [1.82, 2.24) is 0 Å². The van der Waals surface area contributed by atoms with Crippen molar-refractivity contribution in [3.8, 4) is 28.4 Å². The molecular weight excluding hydrogens is 376 g/mol. The maximum absolute atomic E-state index is 13.0. The predicted octanol–water partition coefficient (Wildman–Crippen LogP) is 3.56. The van der Waals surface area contributed by atoms with Gasteiger partial charge in [-0.2, -0.15) is 0 Å². The van der Waals surface area contributed by atoms with Crippen molar-refractivity contribution in [2.45, 2.75) is 19.4 Å². The van der Waals surface area contributed by atoms with E-state index in [9.17, 15) is 9.59 Å².